The average molecular weight is 552 g/mol. The summed E-state index contributed by atoms with van der Waals surface area (Å²) in [5.41, 5.74) is 4.69. The van der Waals surface area contributed by atoms with Gasteiger partial charge in [0.05, 0.1) is 18.9 Å². The second-order valence-corrected chi connectivity index (χ2v) is 11.4. The van der Waals surface area contributed by atoms with Crippen molar-refractivity contribution in [3.05, 3.63) is 59.7 Å². The van der Waals surface area contributed by atoms with E-state index in [2.05, 4.69) is 62.5 Å². The summed E-state index contributed by atoms with van der Waals surface area (Å²) in [7, 11) is 0. The number of rotatable bonds is 18. The van der Waals surface area contributed by atoms with Crippen molar-refractivity contribution in [1.82, 2.24) is 5.32 Å². The Balaban J connectivity index is 2.00. The molecule has 0 aliphatic rings. The van der Waals surface area contributed by atoms with Gasteiger partial charge in [-0.05, 0) is 60.3 Å². The molecule has 0 heterocycles. The lowest BCUT2D eigenvalue weighted by Gasteiger charge is -2.22. The molecular formula is C34H49NO5. The number of esters is 1. The van der Waals surface area contributed by atoms with Crippen LogP contribution in [0.2, 0.25) is 0 Å². The number of ether oxygens (including phenoxy) is 1. The third-order valence-corrected chi connectivity index (χ3v) is 7.66. The number of carbonyl (C=O) groups excluding carboxylic acids is 2. The molecule has 1 amide bonds. The van der Waals surface area contributed by atoms with E-state index >= 15 is 0 Å². The molecule has 0 aliphatic carbocycles. The largest absolute Gasteiger partial charge is 0.481 e. The van der Waals surface area contributed by atoms with Crippen molar-refractivity contribution in [1.29, 1.82) is 0 Å². The molecule has 0 bridgehead atoms. The maximum atomic E-state index is 12.4. The number of nitrogens with one attached hydrogen (secondary N) is 1. The predicted molar refractivity (Wildman–Crippen MR) is 161 cm³/mol. The van der Waals surface area contributed by atoms with Gasteiger partial charge in [0.2, 0.25) is 5.91 Å². The molecule has 0 spiro atoms. The first kappa shape index (κ1) is 33.1. The molecule has 2 aromatic rings. The molecule has 0 fully saturated rings. The van der Waals surface area contributed by atoms with Crippen molar-refractivity contribution in [2.24, 2.45) is 17.8 Å². The number of hydrogen-bond donors (Lipinski definition) is 2. The van der Waals surface area contributed by atoms with Gasteiger partial charge in [-0.15, -0.1) is 0 Å². The molecule has 0 aromatic heterocycles. The molecule has 2 N–H and O–H groups in total. The van der Waals surface area contributed by atoms with Gasteiger partial charge in [-0.2, -0.15) is 0 Å². The first-order valence-corrected chi connectivity index (χ1v) is 15.0. The molecule has 40 heavy (non-hydrogen) atoms. The van der Waals surface area contributed by atoms with E-state index in [0.29, 0.717) is 25.4 Å². The zero-order valence-corrected chi connectivity index (χ0v) is 25.1. The van der Waals surface area contributed by atoms with E-state index in [9.17, 15) is 14.4 Å². The van der Waals surface area contributed by atoms with E-state index < -0.39 is 5.97 Å². The fraction of sp³-hybridized carbons (Fsp3) is 0.559. The fourth-order valence-corrected chi connectivity index (χ4v) is 5.00. The van der Waals surface area contributed by atoms with E-state index in [1.54, 1.807) is 13.8 Å². The van der Waals surface area contributed by atoms with E-state index in [0.717, 1.165) is 29.0 Å². The normalized spacial score (nSPS) is 14.1. The number of amides is 1. The summed E-state index contributed by atoms with van der Waals surface area (Å²) in [6.45, 7) is 10.8. The van der Waals surface area contributed by atoms with Gasteiger partial charge in [-0.1, -0.05) is 102 Å². The number of carboxylic acids is 1. The third-order valence-electron chi connectivity index (χ3n) is 7.66. The van der Waals surface area contributed by atoms with E-state index in [1.165, 1.54) is 31.2 Å². The molecular weight excluding hydrogens is 502 g/mol. The Morgan fingerprint density at radius 2 is 1.35 bits per heavy atom. The van der Waals surface area contributed by atoms with Crippen LogP contribution < -0.4 is 5.32 Å². The summed E-state index contributed by atoms with van der Waals surface area (Å²) in [6.07, 6.45) is 6.89. The molecule has 0 aliphatic heterocycles. The Hall–Kier alpha value is -3.15. The van der Waals surface area contributed by atoms with Crippen molar-refractivity contribution < 1.29 is 24.2 Å². The minimum Gasteiger partial charge on any atom is -0.481 e. The fourth-order valence-electron chi connectivity index (χ4n) is 5.00. The summed E-state index contributed by atoms with van der Waals surface area (Å²) < 4.78 is 5.13. The molecule has 0 saturated heterocycles. The average Bonchev–Trinajstić information content (AvgIpc) is 2.92. The minimum atomic E-state index is -1.01. The summed E-state index contributed by atoms with van der Waals surface area (Å²) in [4.78, 5) is 35.4. The van der Waals surface area contributed by atoms with E-state index in [1.807, 2.05) is 12.1 Å². The summed E-state index contributed by atoms with van der Waals surface area (Å²) >= 11 is 0. The smallest absolute Gasteiger partial charge is 0.308 e. The Morgan fingerprint density at radius 1 is 0.800 bits per heavy atom. The molecule has 220 valence electrons. The van der Waals surface area contributed by atoms with Crippen LogP contribution in [0.25, 0.3) is 11.1 Å². The zero-order valence-electron chi connectivity index (χ0n) is 25.1. The number of carbonyl (C=O) groups is 3. The van der Waals surface area contributed by atoms with Crippen LogP contribution in [0, 0.1) is 17.8 Å². The van der Waals surface area contributed by atoms with Crippen molar-refractivity contribution in [3.8, 4) is 11.1 Å². The maximum absolute atomic E-state index is 12.4. The lowest BCUT2D eigenvalue weighted by Crippen LogP contribution is -2.39. The number of benzene rings is 2. The quantitative estimate of drug-likeness (QED) is 0.191. The van der Waals surface area contributed by atoms with Crippen molar-refractivity contribution in [2.45, 2.75) is 98.4 Å². The molecule has 0 saturated carbocycles. The molecule has 6 heteroatoms. The Bertz CT molecular complexity index is 1050. The van der Waals surface area contributed by atoms with Crippen molar-refractivity contribution in [3.63, 3.8) is 0 Å². The van der Waals surface area contributed by atoms with Crippen molar-refractivity contribution in [2.75, 3.05) is 6.61 Å². The van der Waals surface area contributed by atoms with Crippen LogP contribution in [0.15, 0.2) is 48.5 Å². The zero-order chi connectivity index (χ0) is 29.5. The van der Waals surface area contributed by atoms with Crippen LogP contribution in [0.3, 0.4) is 0 Å². The SMILES string of the molecule is CCOC(=O)[C@H](C)C[C@@H](Cc1ccc(-c2ccc(CC(C)CCCC(C)CC)cc2)cc1)NC(=O)CCC(=O)O. The highest BCUT2D eigenvalue weighted by molar-refractivity contribution is 5.81. The molecule has 6 nitrogen and oxygen atoms in total. The Kier molecular flexibility index (Phi) is 14.5. The van der Waals surface area contributed by atoms with Gasteiger partial charge in [-0.3, -0.25) is 14.4 Å². The van der Waals surface area contributed by atoms with Gasteiger partial charge in [-0.25, -0.2) is 0 Å². The Labute approximate surface area is 240 Å². The number of carboxylic acid groups (broad SMARTS) is 1. The van der Waals surface area contributed by atoms with Gasteiger partial charge in [0, 0.05) is 12.5 Å². The first-order chi connectivity index (χ1) is 19.1. The van der Waals surface area contributed by atoms with Gasteiger partial charge in [0.15, 0.2) is 0 Å². The summed E-state index contributed by atoms with van der Waals surface area (Å²) in [5, 5.41) is 11.8. The second-order valence-electron chi connectivity index (χ2n) is 11.4. The molecule has 0 radical (unpaired) electrons. The van der Waals surface area contributed by atoms with E-state index in [4.69, 9.17) is 9.84 Å². The highest BCUT2D eigenvalue weighted by Gasteiger charge is 2.22. The monoisotopic (exact) mass is 551 g/mol. The second kappa shape index (κ2) is 17.5. The Morgan fingerprint density at radius 3 is 1.88 bits per heavy atom. The highest BCUT2D eigenvalue weighted by Crippen LogP contribution is 2.24. The van der Waals surface area contributed by atoms with Crippen LogP contribution in [-0.4, -0.2) is 35.6 Å². The van der Waals surface area contributed by atoms with Crippen LogP contribution >= 0.6 is 0 Å². The van der Waals surface area contributed by atoms with Crippen LogP contribution in [0.4, 0.5) is 0 Å². The van der Waals surface area contributed by atoms with E-state index in [-0.39, 0.29) is 36.7 Å². The molecule has 4 atom stereocenters. The first-order valence-electron chi connectivity index (χ1n) is 15.0. The molecule has 2 unspecified atom stereocenters. The van der Waals surface area contributed by atoms with Crippen LogP contribution in [-0.2, 0) is 32.0 Å². The lowest BCUT2D eigenvalue weighted by atomic mass is 9.92. The summed E-state index contributed by atoms with van der Waals surface area (Å²) in [6, 6.07) is 16.8. The van der Waals surface area contributed by atoms with Crippen molar-refractivity contribution >= 4 is 17.8 Å². The van der Waals surface area contributed by atoms with Gasteiger partial charge >= 0.3 is 11.9 Å². The number of hydrogen-bond acceptors (Lipinski definition) is 4. The number of aliphatic carboxylic acids is 1. The standard InChI is InChI=1S/C34H49NO5/c1-6-24(3)9-8-10-25(4)21-27-11-15-29(16-12-27)30-17-13-28(14-18-30)23-31(22-26(5)34(39)40-7-2)35-32(36)19-20-33(37)38/h11-18,24-26,31H,6-10,19-23H2,1-5H3,(H,35,36)(H,37,38)/t24?,25?,26-,31+/m1/s1. The molecule has 2 aromatic carbocycles. The summed E-state index contributed by atoms with van der Waals surface area (Å²) in [5.74, 6) is -0.527. The van der Waals surface area contributed by atoms with Crippen LogP contribution in [0.5, 0.6) is 0 Å². The predicted octanol–water partition coefficient (Wildman–Crippen LogP) is 7.23. The lowest BCUT2D eigenvalue weighted by molar-refractivity contribution is -0.148. The highest BCUT2D eigenvalue weighted by atomic mass is 16.5. The minimum absolute atomic E-state index is 0.0919. The van der Waals surface area contributed by atoms with Gasteiger partial charge < -0.3 is 15.2 Å². The van der Waals surface area contributed by atoms with Gasteiger partial charge in [0.25, 0.3) is 0 Å². The molecule has 2 rings (SSSR count). The van der Waals surface area contributed by atoms with Crippen LogP contribution in [0.1, 0.15) is 90.7 Å². The topological polar surface area (TPSA) is 92.7 Å². The third kappa shape index (κ3) is 12.4. The van der Waals surface area contributed by atoms with Gasteiger partial charge in [0.1, 0.15) is 0 Å². The maximum Gasteiger partial charge on any atom is 0.308 e.